The fourth-order valence-electron chi connectivity index (χ4n) is 1.52. The number of unbranched alkanes of at least 4 members (excludes halogenated alkanes) is 4. The molecular formula is C14H19F. The molecule has 1 heteroatoms. The molecule has 0 N–H and O–H groups in total. The molecule has 0 radical (unpaired) electrons. The van der Waals surface area contributed by atoms with E-state index in [1.165, 1.54) is 19.3 Å². The molecular weight excluding hydrogens is 187 g/mol. The van der Waals surface area contributed by atoms with Gasteiger partial charge in [0, 0.05) is 5.56 Å². The van der Waals surface area contributed by atoms with Crippen LogP contribution in [0.5, 0.6) is 0 Å². The van der Waals surface area contributed by atoms with Gasteiger partial charge >= 0.3 is 0 Å². The van der Waals surface area contributed by atoms with Gasteiger partial charge in [-0.1, -0.05) is 56.5 Å². The Bertz CT molecular complexity index is 287. The SMILES string of the molecule is CCCCCC/C=C(\F)c1ccccc1. The van der Waals surface area contributed by atoms with E-state index < -0.39 is 0 Å². The van der Waals surface area contributed by atoms with Crippen LogP contribution in [0, 0.1) is 0 Å². The van der Waals surface area contributed by atoms with Crippen LogP contribution in [0.2, 0.25) is 0 Å². The van der Waals surface area contributed by atoms with Gasteiger partial charge < -0.3 is 0 Å². The van der Waals surface area contributed by atoms with Gasteiger partial charge in [-0.05, 0) is 18.9 Å². The molecule has 82 valence electrons. The summed E-state index contributed by atoms with van der Waals surface area (Å²) >= 11 is 0. The molecule has 0 aliphatic rings. The second-order valence-electron chi connectivity index (χ2n) is 3.77. The van der Waals surface area contributed by atoms with Crippen LogP contribution < -0.4 is 0 Å². The number of hydrogen-bond donors (Lipinski definition) is 0. The second kappa shape index (κ2) is 7.22. The minimum absolute atomic E-state index is 0.0906. The lowest BCUT2D eigenvalue weighted by Crippen LogP contribution is -1.78. The molecule has 1 aromatic carbocycles. The summed E-state index contributed by atoms with van der Waals surface area (Å²) in [5, 5.41) is 0. The first kappa shape index (κ1) is 12.0. The lowest BCUT2D eigenvalue weighted by molar-refractivity contribution is 0.669. The van der Waals surface area contributed by atoms with Crippen molar-refractivity contribution in [3.05, 3.63) is 42.0 Å². The number of benzene rings is 1. The summed E-state index contributed by atoms with van der Waals surface area (Å²) in [6.45, 7) is 2.18. The third-order valence-electron chi connectivity index (χ3n) is 2.43. The van der Waals surface area contributed by atoms with Crippen LogP contribution >= 0.6 is 0 Å². The zero-order valence-corrected chi connectivity index (χ0v) is 9.38. The quantitative estimate of drug-likeness (QED) is 0.576. The van der Waals surface area contributed by atoms with E-state index in [1.807, 2.05) is 18.2 Å². The van der Waals surface area contributed by atoms with Crippen LogP contribution in [-0.4, -0.2) is 0 Å². The van der Waals surface area contributed by atoms with E-state index in [0.29, 0.717) is 5.56 Å². The number of halogens is 1. The third kappa shape index (κ3) is 4.78. The Hall–Kier alpha value is -1.11. The molecule has 0 spiro atoms. The molecule has 0 atom stereocenters. The van der Waals surface area contributed by atoms with Crippen LogP contribution in [0.3, 0.4) is 0 Å². The van der Waals surface area contributed by atoms with E-state index in [-0.39, 0.29) is 5.83 Å². The molecule has 1 rings (SSSR count). The summed E-state index contributed by atoms with van der Waals surface area (Å²) in [5.41, 5.74) is 0.688. The monoisotopic (exact) mass is 206 g/mol. The Labute approximate surface area is 91.8 Å². The Balaban J connectivity index is 2.33. The minimum Gasteiger partial charge on any atom is -0.207 e. The van der Waals surface area contributed by atoms with E-state index in [2.05, 4.69) is 6.92 Å². The highest BCUT2D eigenvalue weighted by Gasteiger charge is 1.97. The first-order chi connectivity index (χ1) is 7.34. The smallest absolute Gasteiger partial charge is 0.126 e. The summed E-state index contributed by atoms with van der Waals surface area (Å²) in [5.74, 6) is -0.0906. The van der Waals surface area contributed by atoms with E-state index in [1.54, 1.807) is 18.2 Å². The van der Waals surface area contributed by atoms with E-state index in [0.717, 1.165) is 12.8 Å². The molecule has 0 unspecified atom stereocenters. The third-order valence-corrected chi connectivity index (χ3v) is 2.43. The molecule has 0 aliphatic heterocycles. The maximum atomic E-state index is 13.5. The highest BCUT2D eigenvalue weighted by molar-refractivity contribution is 5.58. The average molecular weight is 206 g/mol. The summed E-state index contributed by atoms with van der Waals surface area (Å²) < 4.78 is 13.5. The molecule has 1 aromatic rings. The number of allylic oxidation sites excluding steroid dienone is 1. The van der Waals surface area contributed by atoms with Gasteiger partial charge in [-0.15, -0.1) is 0 Å². The summed E-state index contributed by atoms with van der Waals surface area (Å²) in [4.78, 5) is 0. The van der Waals surface area contributed by atoms with Gasteiger partial charge in [-0.3, -0.25) is 0 Å². The Kier molecular flexibility index (Phi) is 5.76. The van der Waals surface area contributed by atoms with Crippen molar-refractivity contribution in [3.63, 3.8) is 0 Å². The fourth-order valence-corrected chi connectivity index (χ4v) is 1.52. The second-order valence-corrected chi connectivity index (χ2v) is 3.77. The molecule has 0 saturated heterocycles. The van der Waals surface area contributed by atoms with Crippen molar-refractivity contribution in [1.29, 1.82) is 0 Å². The Morgan fingerprint density at radius 3 is 2.53 bits per heavy atom. The summed E-state index contributed by atoms with van der Waals surface area (Å²) in [7, 11) is 0. The number of rotatable bonds is 6. The Morgan fingerprint density at radius 2 is 1.87 bits per heavy atom. The highest BCUT2D eigenvalue weighted by atomic mass is 19.1. The van der Waals surface area contributed by atoms with Crippen LogP contribution in [0.15, 0.2) is 36.4 Å². The van der Waals surface area contributed by atoms with Crippen LogP contribution in [0.4, 0.5) is 4.39 Å². The van der Waals surface area contributed by atoms with Crippen LogP contribution in [0.25, 0.3) is 5.83 Å². The lowest BCUT2D eigenvalue weighted by atomic mass is 10.1. The van der Waals surface area contributed by atoms with Crippen molar-refractivity contribution in [1.82, 2.24) is 0 Å². The maximum absolute atomic E-state index is 13.5. The van der Waals surface area contributed by atoms with Gasteiger partial charge in [0.25, 0.3) is 0 Å². The molecule has 0 nitrogen and oxygen atoms in total. The standard InChI is InChI=1S/C14H19F/c1-2-3-4-5-9-12-14(15)13-10-7-6-8-11-13/h6-8,10-12H,2-5,9H2,1H3/b14-12-. The summed E-state index contributed by atoms with van der Waals surface area (Å²) in [6.07, 6.45) is 7.32. The van der Waals surface area contributed by atoms with Gasteiger partial charge in [-0.2, -0.15) is 0 Å². The normalized spacial score (nSPS) is 11.7. The Morgan fingerprint density at radius 1 is 1.13 bits per heavy atom. The maximum Gasteiger partial charge on any atom is 0.126 e. The zero-order chi connectivity index (χ0) is 10.9. The first-order valence-corrected chi connectivity index (χ1v) is 5.75. The lowest BCUT2D eigenvalue weighted by Gasteiger charge is -1.98. The largest absolute Gasteiger partial charge is 0.207 e. The summed E-state index contributed by atoms with van der Waals surface area (Å²) in [6, 6.07) is 9.23. The van der Waals surface area contributed by atoms with Gasteiger partial charge in [0.1, 0.15) is 5.83 Å². The van der Waals surface area contributed by atoms with Crippen molar-refractivity contribution in [2.45, 2.75) is 39.0 Å². The van der Waals surface area contributed by atoms with Gasteiger partial charge in [0.05, 0.1) is 0 Å². The molecule has 0 fully saturated rings. The average Bonchev–Trinajstić information content (AvgIpc) is 2.30. The van der Waals surface area contributed by atoms with Gasteiger partial charge in [0.15, 0.2) is 0 Å². The molecule has 0 aromatic heterocycles. The van der Waals surface area contributed by atoms with Crippen molar-refractivity contribution < 1.29 is 4.39 Å². The van der Waals surface area contributed by atoms with Gasteiger partial charge in [0.2, 0.25) is 0 Å². The molecule has 15 heavy (non-hydrogen) atoms. The fraction of sp³-hybridized carbons (Fsp3) is 0.429. The van der Waals surface area contributed by atoms with Gasteiger partial charge in [-0.25, -0.2) is 4.39 Å². The van der Waals surface area contributed by atoms with Crippen LogP contribution in [0.1, 0.15) is 44.6 Å². The highest BCUT2D eigenvalue weighted by Crippen LogP contribution is 2.16. The van der Waals surface area contributed by atoms with E-state index in [4.69, 9.17) is 0 Å². The van der Waals surface area contributed by atoms with E-state index >= 15 is 0 Å². The number of hydrogen-bond acceptors (Lipinski definition) is 0. The first-order valence-electron chi connectivity index (χ1n) is 5.75. The van der Waals surface area contributed by atoms with Crippen molar-refractivity contribution in [2.75, 3.05) is 0 Å². The van der Waals surface area contributed by atoms with Crippen LogP contribution in [-0.2, 0) is 0 Å². The van der Waals surface area contributed by atoms with Crippen molar-refractivity contribution in [3.8, 4) is 0 Å². The minimum atomic E-state index is -0.0906. The van der Waals surface area contributed by atoms with Crippen molar-refractivity contribution in [2.24, 2.45) is 0 Å². The molecule has 0 heterocycles. The molecule has 0 bridgehead atoms. The van der Waals surface area contributed by atoms with E-state index in [9.17, 15) is 4.39 Å². The molecule has 0 saturated carbocycles. The molecule has 0 aliphatic carbocycles. The molecule has 0 amide bonds. The topological polar surface area (TPSA) is 0 Å². The zero-order valence-electron chi connectivity index (χ0n) is 9.38. The predicted molar refractivity (Wildman–Crippen MR) is 64.3 cm³/mol. The van der Waals surface area contributed by atoms with Crippen molar-refractivity contribution >= 4 is 5.83 Å². The predicted octanol–water partition coefficient (Wildman–Crippen LogP) is 4.97.